The highest BCUT2D eigenvalue weighted by Gasteiger charge is 2.40. The zero-order chi connectivity index (χ0) is 10.9. The van der Waals surface area contributed by atoms with Gasteiger partial charge in [0.1, 0.15) is 0 Å². The van der Waals surface area contributed by atoms with E-state index in [1.807, 2.05) is 13.0 Å². The smallest absolute Gasteiger partial charge is 0.0345 e. The zero-order valence-corrected chi connectivity index (χ0v) is 9.64. The molecule has 1 aliphatic carbocycles. The van der Waals surface area contributed by atoms with Crippen LogP contribution in [0.3, 0.4) is 0 Å². The van der Waals surface area contributed by atoms with Crippen molar-refractivity contribution in [2.24, 2.45) is 5.41 Å². The molecule has 0 aromatic heterocycles. The largest absolute Gasteiger partial charge is 0.399 e. The summed E-state index contributed by atoms with van der Waals surface area (Å²) in [5, 5.41) is 3.51. The molecule has 15 heavy (non-hydrogen) atoms. The van der Waals surface area contributed by atoms with Crippen LogP contribution in [0.4, 0.5) is 11.4 Å². The first-order chi connectivity index (χ1) is 7.15. The molecule has 0 aliphatic heterocycles. The van der Waals surface area contributed by atoms with E-state index >= 15 is 0 Å². The Morgan fingerprint density at radius 1 is 1.40 bits per heavy atom. The van der Waals surface area contributed by atoms with Crippen molar-refractivity contribution in [2.45, 2.75) is 33.1 Å². The van der Waals surface area contributed by atoms with Crippen molar-refractivity contribution < 1.29 is 0 Å². The van der Waals surface area contributed by atoms with Gasteiger partial charge in [0, 0.05) is 17.9 Å². The molecule has 0 radical (unpaired) electrons. The molecule has 0 amide bonds. The minimum absolute atomic E-state index is 0.593. The Bertz CT molecular complexity index is 354. The molecule has 0 unspecified atom stereocenters. The normalized spacial score (nSPS) is 17.5. The molecule has 1 aromatic rings. The Hall–Kier alpha value is -1.18. The molecule has 0 saturated heterocycles. The van der Waals surface area contributed by atoms with Crippen LogP contribution in [0.2, 0.25) is 0 Å². The molecule has 0 spiro atoms. The second kappa shape index (κ2) is 3.76. The number of nitrogens with one attached hydrogen (secondary N) is 1. The first-order valence-electron chi connectivity index (χ1n) is 5.75. The van der Waals surface area contributed by atoms with E-state index in [9.17, 15) is 0 Å². The molecule has 2 heteroatoms. The lowest BCUT2D eigenvalue weighted by molar-refractivity contribution is 0.521. The molecule has 0 atom stereocenters. The van der Waals surface area contributed by atoms with E-state index in [1.54, 1.807) is 0 Å². The van der Waals surface area contributed by atoms with Gasteiger partial charge in [0.25, 0.3) is 0 Å². The number of anilines is 2. The van der Waals surface area contributed by atoms with Gasteiger partial charge in [-0.1, -0.05) is 6.92 Å². The Morgan fingerprint density at radius 3 is 2.67 bits per heavy atom. The van der Waals surface area contributed by atoms with Crippen LogP contribution >= 0.6 is 0 Å². The quantitative estimate of drug-likeness (QED) is 0.739. The molecule has 1 aliphatic rings. The van der Waals surface area contributed by atoms with Crippen molar-refractivity contribution in [3.05, 3.63) is 23.8 Å². The number of hydrogen-bond acceptors (Lipinski definition) is 2. The number of hydrogen-bond donors (Lipinski definition) is 2. The lowest BCUT2D eigenvalue weighted by Crippen LogP contribution is -2.14. The van der Waals surface area contributed by atoms with E-state index in [1.165, 1.54) is 24.9 Å². The number of rotatable bonds is 4. The minimum atomic E-state index is 0.593. The Morgan fingerprint density at radius 2 is 2.13 bits per heavy atom. The third-order valence-corrected chi connectivity index (χ3v) is 3.64. The average molecular weight is 204 g/mol. The van der Waals surface area contributed by atoms with E-state index < -0.39 is 0 Å². The van der Waals surface area contributed by atoms with E-state index in [0.717, 1.165) is 17.8 Å². The van der Waals surface area contributed by atoms with E-state index in [4.69, 9.17) is 5.73 Å². The average Bonchev–Trinajstić information content (AvgIpc) is 3.01. The minimum Gasteiger partial charge on any atom is -0.399 e. The molecule has 3 N–H and O–H groups in total. The number of aryl methyl sites for hydroxylation is 1. The molecular formula is C13H20N2. The standard InChI is InChI=1S/C13H20N2/c1-3-13(6-7-13)9-15-11-4-5-12(14)10(2)8-11/h4-5,8,15H,3,6-7,9,14H2,1-2H3. The molecule has 2 nitrogen and oxygen atoms in total. The predicted octanol–water partition coefficient (Wildman–Crippen LogP) is 3.18. The van der Waals surface area contributed by atoms with Crippen molar-refractivity contribution in [1.82, 2.24) is 0 Å². The van der Waals surface area contributed by atoms with Gasteiger partial charge in [0.05, 0.1) is 0 Å². The first kappa shape index (κ1) is 10.3. The summed E-state index contributed by atoms with van der Waals surface area (Å²) in [6.07, 6.45) is 4.04. The summed E-state index contributed by atoms with van der Waals surface area (Å²) in [7, 11) is 0. The van der Waals surface area contributed by atoms with Gasteiger partial charge in [0.15, 0.2) is 0 Å². The van der Waals surface area contributed by atoms with Crippen molar-refractivity contribution in [1.29, 1.82) is 0 Å². The highest BCUT2D eigenvalue weighted by molar-refractivity contribution is 5.56. The summed E-state index contributed by atoms with van der Waals surface area (Å²) < 4.78 is 0. The van der Waals surface area contributed by atoms with Crippen LogP contribution in [0.5, 0.6) is 0 Å². The topological polar surface area (TPSA) is 38.0 Å². The lowest BCUT2D eigenvalue weighted by Gasteiger charge is -2.15. The number of nitrogen functional groups attached to an aromatic ring is 1. The fraction of sp³-hybridized carbons (Fsp3) is 0.538. The third kappa shape index (κ3) is 2.25. The second-order valence-corrected chi connectivity index (χ2v) is 4.78. The fourth-order valence-corrected chi connectivity index (χ4v) is 1.91. The van der Waals surface area contributed by atoms with E-state index in [0.29, 0.717) is 5.41 Å². The van der Waals surface area contributed by atoms with Gasteiger partial charge in [-0.15, -0.1) is 0 Å². The molecule has 2 rings (SSSR count). The first-order valence-corrected chi connectivity index (χ1v) is 5.75. The molecule has 82 valence electrons. The van der Waals surface area contributed by atoms with Gasteiger partial charge in [-0.2, -0.15) is 0 Å². The molecule has 0 bridgehead atoms. The number of benzene rings is 1. The van der Waals surface area contributed by atoms with Crippen LogP contribution in [0, 0.1) is 12.3 Å². The van der Waals surface area contributed by atoms with Crippen molar-refractivity contribution >= 4 is 11.4 Å². The lowest BCUT2D eigenvalue weighted by atomic mass is 10.0. The van der Waals surface area contributed by atoms with Crippen LogP contribution < -0.4 is 11.1 Å². The van der Waals surface area contributed by atoms with Crippen LogP contribution in [0.1, 0.15) is 31.7 Å². The van der Waals surface area contributed by atoms with Gasteiger partial charge in [0.2, 0.25) is 0 Å². The summed E-state index contributed by atoms with van der Waals surface area (Å²) in [5.74, 6) is 0. The summed E-state index contributed by atoms with van der Waals surface area (Å²) in [4.78, 5) is 0. The molecule has 1 fully saturated rings. The van der Waals surface area contributed by atoms with Gasteiger partial charge >= 0.3 is 0 Å². The summed E-state index contributed by atoms with van der Waals surface area (Å²) >= 11 is 0. The Labute approximate surface area is 91.9 Å². The van der Waals surface area contributed by atoms with Gasteiger partial charge in [-0.25, -0.2) is 0 Å². The zero-order valence-electron chi connectivity index (χ0n) is 9.64. The van der Waals surface area contributed by atoms with Crippen LogP contribution in [0.25, 0.3) is 0 Å². The number of nitrogens with two attached hydrogens (primary N) is 1. The van der Waals surface area contributed by atoms with Crippen LogP contribution in [-0.4, -0.2) is 6.54 Å². The highest BCUT2D eigenvalue weighted by Crippen LogP contribution is 2.48. The van der Waals surface area contributed by atoms with Crippen molar-refractivity contribution in [2.75, 3.05) is 17.6 Å². The summed E-state index contributed by atoms with van der Waals surface area (Å²) in [6, 6.07) is 6.17. The van der Waals surface area contributed by atoms with E-state index in [2.05, 4.69) is 24.4 Å². The fourth-order valence-electron chi connectivity index (χ4n) is 1.91. The van der Waals surface area contributed by atoms with Crippen LogP contribution in [-0.2, 0) is 0 Å². The molecular weight excluding hydrogens is 184 g/mol. The van der Waals surface area contributed by atoms with Crippen molar-refractivity contribution in [3.8, 4) is 0 Å². The van der Waals surface area contributed by atoms with Gasteiger partial charge in [-0.3, -0.25) is 0 Å². The maximum atomic E-state index is 5.78. The predicted molar refractivity (Wildman–Crippen MR) is 66.0 cm³/mol. The Kier molecular flexibility index (Phi) is 2.59. The molecule has 1 saturated carbocycles. The monoisotopic (exact) mass is 204 g/mol. The maximum Gasteiger partial charge on any atom is 0.0345 e. The summed E-state index contributed by atoms with van der Waals surface area (Å²) in [5.41, 5.74) is 9.60. The molecule has 0 heterocycles. The molecule has 1 aromatic carbocycles. The Balaban J connectivity index is 1.96. The SMILES string of the molecule is CCC1(CNc2ccc(N)c(C)c2)CC1. The van der Waals surface area contributed by atoms with Gasteiger partial charge < -0.3 is 11.1 Å². The summed E-state index contributed by atoms with van der Waals surface area (Å²) in [6.45, 7) is 5.43. The third-order valence-electron chi connectivity index (χ3n) is 3.64. The second-order valence-electron chi connectivity index (χ2n) is 4.78. The highest BCUT2D eigenvalue weighted by atomic mass is 14.9. The van der Waals surface area contributed by atoms with Crippen molar-refractivity contribution in [3.63, 3.8) is 0 Å². The van der Waals surface area contributed by atoms with Gasteiger partial charge in [-0.05, 0) is 55.4 Å². The van der Waals surface area contributed by atoms with Crippen LogP contribution in [0.15, 0.2) is 18.2 Å². The van der Waals surface area contributed by atoms with E-state index in [-0.39, 0.29) is 0 Å². The maximum absolute atomic E-state index is 5.78.